The van der Waals surface area contributed by atoms with E-state index in [2.05, 4.69) is 5.32 Å². The maximum Gasteiger partial charge on any atom is 0.401 e. The minimum Gasteiger partial charge on any atom is -0.381 e. The van der Waals surface area contributed by atoms with Gasteiger partial charge in [-0.3, -0.25) is 10.1 Å². The van der Waals surface area contributed by atoms with Gasteiger partial charge >= 0.3 is 6.18 Å². The van der Waals surface area contributed by atoms with E-state index >= 15 is 0 Å². The molecule has 0 bridgehead atoms. The third-order valence-electron chi connectivity index (χ3n) is 2.66. The Hall–Kier alpha value is -0.820. The maximum absolute atomic E-state index is 12.1. The topological polar surface area (TPSA) is 64.4 Å². The third kappa shape index (κ3) is 3.64. The number of alkyl halides is 3. The van der Waals surface area contributed by atoms with Crippen LogP contribution in [0.3, 0.4) is 0 Å². The molecule has 0 aromatic carbocycles. The van der Waals surface area contributed by atoms with E-state index in [1.807, 2.05) is 0 Å². The van der Waals surface area contributed by atoms with Crippen LogP contribution in [0.25, 0.3) is 0 Å². The summed E-state index contributed by atoms with van der Waals surface area (Å²) in [5.74, 6) is -0.748. The lowest BCUT2D eigenvalue weighted by atomic mass is 9.89. The molecule has 0 aliphatic carbocycles. The highest BCUT2D eigenvalue weighted by molar-refractivity contribution is 5.84. The van der Waals surface area contributed by atoms with Crippen LogP contribution in [0.15, 0.2) is 0 Å². The van der Waals surface area contributed by atoms with Crippen LogP contribution in [0, 0.1) is 0 Å². The van der Waals surface area contributed by atoms with Gasteiger partial charge in [0.25, 0.3) is 0 Å². The number of hydrogen-bond acceptors (Lipinski definition) is 3. The molecular formula is C9H15F3N2O2. The Kier molecular flexibility index (Phi) is 4.15. The number of carbonyl (C=O) groups excluding carboxylic acids is 1. The lowest BCUT2D eigenvalue weighted by Crippen LogP contribution is -2.57. The van der Waals surface area contributed by atoms with Gasteiger partial charge in [0, 0.05) is 13.2 Å². The fourth-order valence-corrected chi connectivity index (χ4v) is 1.73. The van der Waals surface area contributed by atoms with E-state index in [9.17, 15) is 18.0 Å². The predicted molar refractivity (Wildman–Crippen MR) is 50.7 cm³/mol. The number of primary amides is 1. The number of carbonyl (C=O) groups is 1. The van der Waals surface area contributed by atoms with Crippen molar-refractivity contribution in [3.05, 3.63) is 0 Å². The number of hydrogen-bond donors (Lipinski definition) is 2. The van der Waals surface area contributed by atoms with Crippen molar-refractivity contribution in [3.8, 4) is 0 Å². The minimum absolute atomic E-state index is 0.179. The first kappa shape index (κ1) is 13.2. The van der Waals surface area contributed by atoms with Gasteiger partial charge in [-0.05, 0) is 19.3 Å². The van der Waals surface area contributed by atoms with Crippen molar-refractivity contribution in [3.63, 3.8) is 0 Å². The highest BCUT2D eigenvalue weighted by Crippen LogP contribution is 2.23. The summed E-state index contributed by atoms with van der Waals surface area (Å²) in [5.41, 5.74) is 3.89. The predicted octanol–water partition coefficient (Wildman–Crippen LogP) is 0.563. The zero-order valence-corrected chi connectivity index (χ0v) is 8.77. The SMILES string of the molecule is NC(=O)C1(NCC(F)(F)F)CCCOCC1. The van der Waals surface area contributed by atoms with E-state index in [1.165, 1.54) is 0 Å². The van der Waals surface area contributed by atoms with Gasteiger partial charge in [0.2, 0.25) is 5.91 Å². The maximum atomic E-state index is 12.1. The van der Waals surface area contributed by atoms with E-state index in [0.29, 0.717) is 13.0 Å². The first-order valence-corrected chi connectivity index (χ1v) is 5.05. The summed E-state index contributed by atoms with van der Waals surface area (Å²) >= 11 is 0. The number of halogens is 3. The molecule has 16 heavy (non-hydrogen) atoms. The Bertz CT molecular complexity index is 248. The second-order valence-corrected chi connectivity index (χ2v) is 3.88. The zero-order valence-electron chi connectivity index (χ0n) is 8.77. The van der Waals surface area contributed by atoms with Gasteiger partial charge < -0.3 is 10.5 Å². The first-order chi connectivity index (χ1) is 7.36. The van der Waals surface area contributed by atoms with Crippen LogP contribution in [0.4, 0.5) is 13.2 Å². The number of nitrogens with one attached hydrogen (secondary N) is 1. The molecule has 7 heteroatoms. The van der Waals surface area contributed by atoms with E-state index in [4.69, 9.17) is 10.5 Å². The number of amides is 1. The second kappa shape index (κ2) is 5.01. The molecule has 1 heterocycles. The Morgan fingerprint density at radius 2 is 2.06 bits per heavy atom. The van der Waals surface area contributed by atoms with Gasteiger partial charge in [-0.25, -0.2) is 0 Å². The van der Waals surface area contributed by atoms with Crippen molar-refractivity contribution < 1.29 is 22.7 Å². The number of nitrogens with two attached hydrogens (primary N) is 1. The van der Waals surface area contributed by atoms with Gasteiger partial charge in [0.05, 0.1) is 6.54 Å². The van der Waals surface area contributed by atoms with Crippen LogP contribution in [-0.4, -0.2) is 37.4 Å². The third-order valence-corrected chi connectivity index (χ3v) is 2.66. The molecule has 94 valence electrons. The van der Waals surface area contributed by atoms with Crippen molar-refractivity contribution in [2.45, 2.75) is 31.0 Å². The van der Waals surface area contributed by atoms with Crippen LogP contribution in [0.5, 0.6) is 0 Å². The van der Waals surface area contributed by atoms with Gasteiger partial charge in [0.15, 0.2) is 0 Å². The average molecular weight is 240 g/mol. The lowest BCUT2D eigenvalue weighted by Gasteiger charge is -2.30. The second-order valence-electron chi connectivity index (χ2n) is 3.88. The summed E-state index contributed by atoms with van der Waals surface area (Å²) < 4.78 is 41.4. The molecule has 0 saturated carbocycles. The van der Waals surface area contributed by atoms with E-state index < -0.39 is 24.2 Å². The summed E-state index contributed by atoms with van der Waals surface area (Å²) in [5, 5.41) is 2.23. The van der Waals surface area contributed by atoms with E-state index in [1.54, 1.807) is 0 Å². The summed E-state index contributed by atoms with van der Waals surface area (Å²) in [6, 6.07) is 0. The Labute approximate surface area is 91.3 Å². The zero-order chi connectivity index (χ0) is 12.2. The summed E-state index contributed by atoms with van der Waals surface area (Å²) in [6.07, 6.45) is -3.37. The van der Waals surface area contributed by atoms with Crippen LogP contribution >= 0.6 is 0 Å². The van der Waals surface area contributed by atoms with Gasteiger partial charge in [-0.1, -0.05) is 0 Å². The van der Waals surface area contributed by atoms with Gasteiger partial charge in [-0.15, -0.1) is 0 Å². The minimum atomic E-state index is -4.35. The normalized spacial score (nSPS) is 27.4. The quantitative estimate of drug-likeness (QED) is 0.757. The molecule has 1 saturated heterocycles. The summed E-state index contributed by atoms with van der Waals surface area (Å²) in [6.45, 7) is -0.521. The molecular weight excluding hydrogens is 225 g/mol. The van der Waals surface area contributed by atoms with Crippen molar-refractivity contribution >= 4 is 5.91 Å². The van der Waals surface area contributed by atoms with Gasteiger partial charge in [-0.2, -0.15) is 13.2 Å². The summed E-state index contributed by atoms with van der Waals surface area (Å²) in [4.78, 5) is 11.3. The molecule has 0 aromatic heterocycles. The van der Waals surface area contributed by atoms with E-state index in [0.717, 1.165) is 0 Å². The molecule has 0 spiro atoms. The monoisotopic (exact) mass is 240 g/mol. The first-order valence-electron chi connectivity index (χ1n) is 5.05. The Balaban J connectivity index is 2.67. The fraction of sp³-hybridized carbons (Fsp3) is 0.889. The molecule has 0 radical (unpaired) electrons. The van der Waals surface area contributed by atoms with Crippen LogP contribution in [0.1, 0.15) is 19.3 Å². The molecule has 1 rings (SSSR count). The molecule has 1 fully saturated rings. The summed E-state index contributed by atoms with van der Waals surface area (Å²) in [7, 11) is 0. The largest absolute Gasteiger partial charge is 0.401 e. The van der Waals surface area contributed by atoms with Crippen LogP contribution in [-0.2, 0) is 9.53 Å². The van der Waals surface area contributed by atoms with Crippen molar-refractivity contribution in [2.24, 2.45) is 5.73 Å². The highest BCUT2D eigenvalue weighted by Gasteiger charge is 2.40. The van der Waals surface area contributed by atoms with Crippen LogP contribution in [0.2, 0.25) is 0 Å². The van der Waals surface area contributed by atoms with Crippen molar-refractivity contribution in [1.29, 1.82) is 0 Å². The molecule has 0 aromatic rings. The Morgan fingerprint density at radius 3 is 2.62 bits per heavy atom. The van der Waals surface area contributed by atoms with Gasteiger partial charge in [0.1, 0.15) is 5.54 Å². The number of rotatable bonds is 3. The molecule has 1 aliphatic rings. The molecule has 1 unspecified atom stereocenters. The van der Waals surface area contributed by atoms with Crippen molar-refractivity contribution in [1.82, 2.24) is 5.32 Å². The molecule has 1 aliphatic heterocycles. The molecule has 3 N–H and O–H groups in total. The lowest BCUT2D eigenvalue weighted by molar-refractivity contribution is -0.136. The average Bonchev–Trinajstić information content (AvgIpc) is 2.39. The van der Waals surface area contributed by atoms with E-state index in [-0.39, 0.29) is 19.4 Å². The van der Waals surface area contributed by atoms with Crippen molar-refractivity contribution in [2.75, 3.05) is 19.8 Å². The Morgan fingerprint density at radius 1 is 1.38 bits per heavy atom. The molecule has 1 atom stereocenters. The molecule has 1 amide bonds. The number of ether oxygens (including phenoxy) is 1. The molecule has 4 nitrogen and oxygen atoms in total. The standard InChI is InChI=1S/C9H15F3N2O2/c10-9(11,12)6-14-8(7(13)15)2-1-4-16-5-3-8/h14H,1-6H2,(H2,13,15). The highest BCUT2D eigenvalue weighted by atomic mass is 19.4. The van der Waals surface area contributed by atoms with Crippen LogP contribution < -0.4 is 11.1 Å². The smallest absolute Gasteiger partial charge is 0.381 e. The fourth-order valence-electron chi connectivity index (χ4n) is 1.73.